The largest absolute Gasteiger partial charge is 0.339 e. The molecule has 1 saturated heterocycles. The third-order valence-electron chi connectivity index (χ3n) is 3.10. The average molecular weight is 249 g/mol. The lowest BCUT2D eigenvalue weighted by molar-refractivity contribution is 0.224. The first-order chi connectivity index (χ1) is 8.00. The number of anilines is 1. The summed E-state index contributed by atoms with van der Waals surface area (Å²) in [7, 11) is 4.15. The molecule has 2 rings (SSSR count). The Morgan fingerprint density at radius 3 is 2.24 bits per heavy atom. The number of para-hydroxylation sites is 1. The predicted molar refractivity (Wildman–Crippen MR) is 76.3 cm³/mol. The lowest BCUT2D eigenvalue weighted by Gasteiger charge is -2.42. The molecule has 1 aromatic rings. The Hall–Kier alpha value is -1.13. The summed E-state index contributed by atoms with van der Waals surface area (Å²) in [6.07, 6.45) is 0. The molecule has 0 aromatic heterocycles. The molecule has 92 valence electrons. The molecule has 0 amide bonds. The van der Waals surface area contributed by atoms with E-state index in [-0.39, 0.29) is 0 Å². The van der Waals surface area contributed by atoms with E-state index in [4.69, 9.17) is 12.2 Å². The first kappa shape index (κ1) is 12.3. The molecular formula is C13H19N3S. The number of hydrogen-bond acceptors (Lipinski definition) is 2. The Bertz CT molecular complexity index is 424. The van der Waals surface area contributed by atoms with E-state index in [0.29, 0.717) is 0 Å². The van der Waals surface area contributed by atoms with E-state index in [2.05, 4.69) is 53.8 Å². The highest BCUT2D eigenvalue weighted by Crippen LogP contribution is 2.27. The van der Waals surface area contributed by atoms with Gasteiger partial charge in [-0.1, -0.05) is 18.2 Å². The van der Waals surface area contributed by atoms with Gasteiger partial charge in [0.2, 0.25) is 0 Å². The fraction of sp³-hybridized carbons (Fsp3) is 0.462. The fourth-order valence-corrected chi connectivity index (χ4v) is 2.58. The van der Waals surface area contributed by atoms with Crippen molar-refractivity contribution in [2.24, 2.45) is 0 Å². The van der Waals surface area contributed by atoms with Crippen LogP contribution in [0, 0.1) is 13.8 Å². The monoisotopic (exact) mass is 249 g/mol. The Morgan fingerprint density at radius 2 is 1.65 bits per heavy atom. The molecule has 1 aromatic carbocycles. The Balaban J connectivity index is 2.41. The van der Waals surface area contributed by atoms with Crippen LogP contribution in [0.5, 0.6) is 0 Å². The molecule has 4 heteroatoms. The zero-order valence-corrected chi connectivity index (χ0v) is 11.7. The SMILES string of the molecule is Cc1cccc(C)c1N1CN(C)CN(C)C1=S. The highest BCUT2D eigenvalue weighted by molar-refractivity contribution is 7.80. The van der Waals surface area contributed by atoms with Gasteiger partial charge in [0.15, 0.2) is 5.11 Å². The topological polar surface area (TPSA) is 9.72 Å². The van der Waals surface area contributed by atoms with Crippen LogP contribution in [0.1, 0.15) is 11.1 Å². The van der Waals surface area contributed by atoms with Crippen LogP contribution in [0.15, 0.2) is 18.2 Å². The standard InChI is InChI=1S/C13H19N3S/c1-10-6-5-7-11(2)12(10)16-9-14(3)8-15(4)13(16)17/h5-7H,8-9H2,1-4H3. The summed E-state index contributed by atoms with van der Waals surface area (Å²) in [5.41, 5.74) is 3.79. The van der Waals surface area contributed by atoms with Crippen LogP contribution >= 0.6 is 12.2 Å². The van der Waals surface area contributed by atoms with E-state index in [9.17, 15) is 0 Å². The molecule has 1 heterocycles. The molecule has 0 N–H and O–H groups in total. The van der Waals surface area contributed by atoms with Gasteiger partial charge in [-0.25, -0.2) is 0 Å². The van der Waals surface area contributed by atoms with Gasteiger partial charge in [0, 0.05) is 7.05 Å². The number of thiocarbonyl (C=S) groups is 1. The smallest absolute Gasteiger partial charge is 0.178 e. The second kappa shape index (κ2) is 4.63. The third-order valence-corrected chi connectivity index (χ3v) is 3.64. The predicted octanol–water partition coefficient (Wildman–Crippen LogP) is 2.19. The zero-order chi connectivity index (χ0) is 12.6. The Morgan fingerprint density at radius 1 is 1.06 bits per heavy atom. The van der Waals surface area contributed by atoms with E-state index in [0.717, 1.165) is 18.4 Å². The molecule has 17 heavy (non-hydrogen) atoms. The third kappa shape index (κ3) is 2.28. The van der Waals surface area contributed by atoms with Crippen molar-refractivity contribution in [2.75, 3.05) is 32.3 Å². The molecule has 0 atom stereocenters. The highest BCUT2D eigenvalue weighted by atomic mass is 32.1. The first-order valence-electron chi connectivity index (χ1n) is 5.78. The second-order valence-corrected chi connectivity index (χ2v) is 5.15. The molecule has 0 bridgehead atoms. The van der Waals surface area contributed by atoms with E-state index >= 15 is 0 Å². The van der Waals surface area contributed by atoms with E-state index < -0.39 is 0 Å². The van der Waals surface area contributed by atoms with Crippen molar-refractivity contribution in [3.05, 3.63) is 29.3 Å². The number of benzene rings is 1. The summed E-state index contributed by atoms with van der Waals surface area (Å²) in [5, 5.41) is 0.903. The summed E-state index contributed by atoms with van der Waals surface area (Å²) < 4.78 is 0. The van der Waals surface area contributed by atoms with Gasteiger partial charge in [0.1, 0.15) is 0 Å². The highest BCUT2D eigenvalue weighted by Gasteiger charge is 2.25. The zero-order valence-electron chi connectivity index (χ0n) is 10.9. The maximum atomic E-state index is 5.53. The van der Waals surface area contributed by atoms with Gasteiger partial charge >= 0.3 is 0 Å². The lowest BCUT2D eigenvalue weighted by Crippen LogP contribution is -2.55. The van der Waals surface area contributed by atoms with Crippen LogP contribution in [0.25, 0.3) is 0 Å². The minimum atomic E-state index is 0.856. The van der Waals surface area contributed by atoms with Crippen molar-refractivity contribution in [1.29, 1.82) is 0 Å². The maximum absolute atomic E-state index is 5.53. The number of nitrogens with zero attached hydrogens (tertiary/aromatic N) is 3. The second-order valence-electron chi connectivity index (χ2n) is 4.79. The summed E-state index contributed by atoms with van der Waals surface area (Å²) in [5.74, 6) is 0. The first-order valence-corrected chi connectivity index (χ1v) is 6.19. The quantitative estimate of drug-likeness (QED) is 0.705. The normalized spacial score (nSPS) is 17.8. The van der Waals surface area contributed by atoms with Crippen LogP contribution in [0.3, 0.4) is 0 Å². The van der Waals surface area contributed by atoms with Crippen molar-refractivity contribution >= 4 is 23.0 Å². The Labute approximate surface area is 109 Å². The summed E-state index contributed by atoms with van der Waals surface area (Å²) >= 11 is 5.53. The van der Waals surface area contributed by atoms with Crippen molar-refractivity contribution in [2.45, 2.75) is 13.8 Å². The van der Waals surface area contributed by atoms with E-state index in [1.165, 1.54) is 16.8 Å². The molecule has 0 aliphatic carbocycles. The number of aryl methyl sites for hydroxylation is 2. The minimum Gasteiger partial charge on any atom is -0.339 e. The summed E-state index contributed by atoms with van der Waals surface area (Å²) in [6.45, 7) is 6.02. The van der Waals surface area contributed by atoms with Crippen molar-refractivity contribution < 1.29 is 0 Å². The van der Waals surface area contributed by atoms with Crippen molar-refractivity contribution in [3.8, 4) is 0 Å². The molecular weight excluding hydrogens is 230 g/mol. The van der Waals surface area contributed by atoms with Crippen molar-refractivity contribution in [1.82, 2.24) is 9.80 Å². The molecule has 0 unspecified atom stereocenters. The van der Waals surface area contributed by atoms with E-state index in [1.807, 2.05) is 7.05 Å². The van der Waals surface area contributed by atoms with Gasteiger partial charge in [-0.2, -0.15) is 0 Å². The molecule has 1 fully saturated rings. The summed E-state index contributed by atoms with van der Waals surface area (Å²) in [6, 6.07) is 6.37. The average Bonchev–Trinajstić information content (AvgIpc) is 2.24. The van der Waals surface area contributed by atoms with Gasteiger partial charge in [-0.05, 0) is 44.2 Å². The molecule has 1 aliphatic rings. The van der Waals surface area contributed by atoms with Gasteiger partial charge in [0.05, 0.1) is 19.0 Å². The van der Waals surface area contributed by atoms with Gasteiger partial charge in [0.25, 0.3) is 0 Å². The Kier molecular flexibility index (Phi) is 3.35. The van der Waals surface area contributed by atoms with Crippen molar-refractivity contribution in [3.63, 3.8) is 0 Å². The molecule has 0 saturated carbocycles. The fourth-order valence-electron chi connectivity index (χ4n) is 2.37. The molecule has 3 nitrogen and oxygen atoms in total. The van der Waals surface area contributed by atoms with Gasteiger partial charge < -0.3 is 9.80 Å². The van der Waals surface area contributed by atoms with Crippen LogP contribution in [-0.2, 0) is 0 Å². The van der Waals surface area contributed by atoms with Crippen LogP contribution in [0.2, 0.25) is 0 Å². The van der Waals surface area contributed by atoms with Crippen LogP contribution < -0.4 is 4.90 Å². The molecule has 1 aliphatic heterocycles. The van der Waals surface area contributed by atoms with Crippen LogP contribution in [-0.4, -0.2) is 42.3 Å². The summed E-state index contributed by atoms with van der Waals surface area (Å²) in [4.78, 5) is 6.57. The minimum absolute atomic E-state index is 0.856. The number of rotatable bonds is 1. The van der Waals surface area contributed by atoms with Gasteiger partial charge in [-0.3, -0.25) is 4.90 Å². The van der Waals surface area contributed by atoms with E-state index in [1.54, 1.807) is 0 Å². The van der Waals surface area contributed by atoms with Crippen LogP contribution in [0.4, 0.5) is 5.69 Å². The van der Waals surface area contributed by atoms with Gasteiger partial charge in [-0.15, -0.1) is 0 Å². The molecule has 0 spiro atoms. The number of hydrogen-bond donors (Lipinski definition) is 0. The lowest BCUT2D eigenvalue weighted by atomic mass is 10.1. The molecule has 0 radical (unpaired) electrons. The maximum Gasteiger partial charge on any atom is 0.178 e.